The Balaban J connectivity index is 1.61. The van der Waals surface area contributed by atoms with Crippen LogP contribution in [0.3, 0.4) is 0 Å². The van der Waals surface area contributed by atoms with Gasteiger partial charge in [0.1, 0.15) is 0 Å². The summed E-state index contributed by atoms with van der Waals surface area (Å²) < 4.78 is 0. The zero-order valence-electron chi connectivity index (χ0n) is 11.4. The Morgan fingerprint density at radius 2 is 1.84 bits per heavy atom. The van der Waals surface area contributed by atoms with Gasteiger partial charge in [-0.3, -0.25) is 0 Å². The molecule has 1 N–H and O–H groups in total. The molecule has 0 unspecified atom stereocenters. The van der Waals surface area contributed by atoms with Gasteiger partial charge in [0.15, 0.2) is 0 Å². The zero-order valence-corrected chi connectivity index (χ0v) is 12.9. The van der Waals surface area contributed by atoms with Crippen molar-refractivity contribution in [3.63, 3.8) is 0 Å². The summed E-state index contributed by atoms with van der Waals surface area (Å²) in [6, 6.07) is 5.75. The summed E-state index contributed by atoms with van der Waals surface area (Å²) in [7, 11) is 0. The molecular weight excluding hydrogens is 277 g/mol. The van der Waals surface area contributed by atoms with Crippen molar-refractivity contribution in [3.8, 4) is 0 Å². The van der Waals surface area contributed by atoms with Crippen molar-refractivity contribution >= 4 is 23.2 Å². The van der Waals surface area contributed by atoms with E-state index < -0.39 is 0 Å². The number of halogens is 2. The molecule has 0 spiro atoms. The van der Waals surface area contributed by atoms with E-state index in [1.807, 2.05) is 18.2 Å². The van der Waals surface area contributed by atoms with Gasteiger partial charge in [0.05, 0.1) is 0 Å². The van der Waals surface area contributed by atoms with Crippen LogP contribution in [0.1, 0.15) is 44.1 Å². The van der Waals surface area contributed by atoms with Gasteiger partial charge < -0.3 is 5.32 Å². The Morgan fingerprint density at radius 3 is 2.58 bits per heavy atom. The highest BCUT2D eigenvalue weighted by atomic mass is 35.5. The normalized spacial score (nSPS) is 16.7. The summed E-state index contributed by atoms with van der Waals surface area (Å²) in [6.45, 7) is 2.13. The average molecular weight is 300 g/mol. The molecule has 0 atom stereocenters. The smallest absolute Gasteiger partial charge is 0.0453 e. The molecule has 1 aromatic rings. The second-order valence-corrected chi connectivity index (χ2v) is 6.37. The maximum absolute atomic E-state index is 6.15. The summed E-state index contributed by atoms with van der Waals surface area (Å²) in [5, 5.41) is 5.02. The highest BCUT2D eigenvalue weighted by Crippen LogP contribution is 2.25. The molecule has 0 bridgehead atoms. The van der Waals surface area contributed by atoms with Crippen LogP contribution >= 0.6 is 23.2 Å². The van der Waals surface area contributed by atoms with E-state index in [4.69, 9.17) is 23.2 Å². The van der Waals surface area contributed by atoms with Gasteiger partial charge in [-0.25, -0.2) is 0 Å². The highest BCUT2D eigenvalue weighted by Gasteiger charge is 2.12. The predicted octanol–water partition coefficient (Wildman–Crippen LogP) is 5.10. The Hall–Kier alpha value is -0.240. The quantitative estimate of drug-likeness (QED) is 0.721. The molecule has 0 aliphatic heterocycles. The van der Waals surface area contributed by atoms with Gasteiger partial charge in [0, 0.05) is 10.0 Å². The fourth-order valence-corrected chi connectivity index (χ4v) is 3.36. The van der Waals surface area contributed by atoms with E-state index in [-0.39, 0.29) is 0 Å². The lowest BCUT2D eigenvalue weighted by Crippen LogP contribution is -2.21. The number of hydrogen-bond donors (Lipinski definition) is 1. The SMILES string of the molecule is Clc1ccc(CCNCCC2CCCCC2)c(Cl)c1. The summed E-state index contributed by atoms with van der Waals surface area (Å²) in [5.41, 5.74) is 1.18. The maximum Gasteiger partial charge on any atom is 0.0453 e. The first-order valence-corrected chi connectivity index (χ1v) is 8.16. The second-order valence-electron chi connectivity index (χ2n) is 5.53. The predicted molar refractivity (Wildman–Crippen MR) is 84.2 cm³/mol. The second kappa shape index (κ2) is 8.14. The fraction of sp³-hybridized carbons (Fsp3) is 0.625. The minimum Gasteiger partial charge on any atom is -0.316 e. The summed E-state index contributed by atoms with van der Waals surface area (Å²) in [6.07, 6.45) is 9.49. The van der Waals surface area contributed by atoms with Crippen molar-refractivity contribution in [1.82, 2.24) is 5.32 Å². The molecule has 0 radical (unpaired) electrons. The molecule has 3 heteroatoms. The van der Waals surface area contributed by atoms with Gasteiger partial charge in [-0.1, -0.05) is 61.4 Å². The molecule has 0 heterocycles. The van der Waals surface area contributed by atoms with Crippen molar-refractivity contribution in [2.24, 2.45) is 5.92 Å². The van der Waals surface area contributed by atoms with Crippen LogP contribution in [0.4, 0.5) is 0 Å². The van der Waals surface area contributed by atoms with E-state index in [0.717, 1.165) is 30.5 Å². The minimum atomic E-state index is 0.707. The van der Waals surface area contributed by atoms with E-state index in [9.17, 15) is 0 Å². The van der Waals surface area contributed by atoms with E-state index in [1.54, 1.807) is 0 Å². The largest absolute Gasteiger partial charge is 0.316 e. The van der Waals surface area contributed by atoms with Crippen LogP contribution < -0.4 is 5.32 Å². The third-order valence-electron chi connectivity index (χ3n) is 4.04. The van der Waals surface area contributed by atoms with Crippen molar-refractivity contribution in [3.05, 3.63) is 33.8 Å². The van der Waals surface area contributed by atoms with Crippen LogP contribution in [0, 0.1) is 5.92 Å². The lowest BCUT2D eigenvalue weighted by atomic mass is 9.87. The topological polar surface area (TPSA) is 12.0 Å². The van der Waals surface area contributed by atoms with Gasteiger partial charge in [0.25, 0.3) is 0 Å². The van der Waals surface area contributed by atoms with Crippen molar-refractivity contribution < 1.29 is 0 Å². The first-order chi connectivity index (χ1) is 9.25. The molecule has 0 amide bonds. The fourth-order valence-electron chi connectivity index (χ4n) is 2.85. The van der Waals surface area contributed by atoms with E-state index in [2.05, 4.69) is 5.32 Å². The standard InChI is InChI=1S/C16H23Cl2N/c17-15-7-6-14(16(18)12-15)9-11-19-10-8-13-4-2-1-3-5-13/h6-7,12-13,19H,1-5,8-11H2. The number of benzene rings is 1. The summed E-state index contributed by atoms with van der Waals surface area (Å²) >= 11 is 12.0. The molecule has 19 heavy (non-hydrogen) atoms. The first-order valence-electron chi connectivity index (χ1n) is 7.40. The number of rotatable bonds is 6. The van der Waals surface area contributed by atoms with E-state index in [0.29, 0.717) is 5.02 Å². The molecule has 1 aliphatic carbocycles. The maximum atomic E-state index is 6.15. The highest BCUT2D eigenvalue weighted by molar-refractivity contribution is 6.35. The van der Waals surface area contributed by atoms with Gasteiger partial charge >= 0.3 is 0 Å². The molecule has 1 aromatic carbocycles. The molecule has 1 nitrogen and oxygen atoms in total. The number of nitrogens with one attached hydrogen (secondary N) is 1. The summed E-state index contributed by atoms with van der Waals surface area (Å²) in [5.74, 6) is 0.959. The van der Waals surface area contributed by atoms with Crippen molar-refractivity contribution in [2.45, 2.75) is 44.9 Å². The van der Waals surface area contributed by atoms with Crippen LogP contribution in [0.25, 0.3) is 0 Å². The molecule has 0 saturated heterocycles. The van der Waals surface area contributed by atoms with E-state index >= 15 is 0 Å². The van der Waals surface area contributed by atoms with Crippen LogP contribution in [-0.2, 0) is 6.42 Å². The first kappa shape index (κ1) is 15.2. The third kappa shape index (κ3) is 5.33. The summed E-state index contributed by atoms with van der Waals surface area (Å²) in [4.78, 5) is 0. The number of hydrogen-bond acceptors (Lipinski definition) is 1. The third-order valence-corrected chi connectivity index (χ3v) is 4.63. The monoisotopic (exact) mass is 299 g/mol. The lowest BCUT2D eigenvalue weighted by Gasteiger charge is -2.21. The van der Waals surface area contributed by atoms with Gasteiger partial charge in [-0.2, -0.15) is 0 Å². The lowest BCUT2D eigenvalue weighted by molar-refractivity contribution is 0.334. The molecule has 106 valence electrons. The molecular formula is C16H23Cl2N. The van der Waals surface area contributed by atoms with Crippen LogP contribution in [-0.4, -0.2) is 13.1 Å². The Labute approximate surface area is 126 Å². The molecule has 2 rings (SSSR count). The van der Waals surface area contributed by atoms with Crippen molar-refractivity contribution in [2.75, 3.05) is 13.1 Å². The Morgan fingerprint density at radius 1 is 1.05 bits per heavy atom. The van der Waals surface area contributed by atoms with Gasteiger partial charge in [-0.15, -0.1) is 0 Å². The average Bonchev–Trinajstić information content (AvgIpc) is 2.42. The molecule has 1 fully saturated rings. The zero-order chi connectivity index (χ0) is 13.5. The van der Waals surface area contributed by atoms with Crippen LogP contribution in [0.5, 0.6) is 0 Å². The Bertz CT molecular complexity index is 386. The van der Waals surface area contributed by atoms with Crippen LogP contribution in [0.2, 0.25) is 10.0 Å². The van der Waals surface area contributed by atoms with Crippen LogP contribution in [0.15, 0.2) is 18.2 Å². The van der Waals surface area contributed by atoms with Gasteiger partial charge in [-0.05, 0) is 49.5 Å². The Kier molecular flexibility index (Phi) is 6.49. The van der Waals surface area contributed by atoms with E-state index in [1.165, 1.54) is 44.1 Å². The van der Waals surface area contributed by atoms with Crippen molar-refractivity contribution in [1.29, 1.82) is 0 Å². The van der Waals surface area contributed by atoms with Gasteiger partial charge in [0.2, 0.25) is 0 Å². The molecule has 1 aliphatic rings. The minimum absolute atomic E-state index is 0.707. The molecule has 0 aromatic heterocycles. The molecule has 1 saturated carbocycles.